The molecular weight excluding hydrogens is 252 g/mol. The van der Waals surface area contributed by atoms with E-state index in [9.17, 15) is 4.79 Å². The van der Waals surface area contributed by atoms with Crippen molar-refractivity contribution in [3.63, 3.8) is 0 Å². The second-order valence-electron chi connectivity index (χ2n) is 5.52. The number of carbonyl (C=O) groups excluding carboxylic acids is 1. The number of rotatable bonds is 3. The van der Waals surface area contributed by atoms with Crippen molar-refractivity contribution in [1.82, 2.24) is 15.2 Å². The quantitative estimate of drug-likeness (QED) is 0.931. The highest BCUT2D eigenvalue weighted by Crippen LogP contribution is 2.30. The zero-order chi connectivity index (χ0) is 14.1. The van der Waals surface area contributed by atoms with Crippen LogP contribution in [0.1, 0.15) is 43.5 Å². The molecule has 1 aromatic heterocycles. The van der Waals surface area contributed by atoms with Crippen molar-refractivity contribution in [2.24, 2.45) is 0 Å². The molecular formula is C15H18N4O. The van der Waals surface area contributed by atoms with Crippen LogP contribution in [0.3, 0.4) is 0 Å². The third-order valence-electron chi connectivity index (χ3n) is 3.82. The molecule has 0 bridgehead atoms. The van der Waals surface area contributed by atoms with Gasteiger partial charge in [-0.1, -0.05) is 26.0 Å². The maximum absolute atomic E-state index is 12.2. The summed E-state index contributed by atoms with van der Waals surface area (Å²) in [7, 11) is 0. The number of aromatic nitrogens is 3. The molecule has 3 rings (SSSR count). The van der Waals surface area contributed by atoms with Crippen LogP contribution in [0.25, 0.3) is 0 Å². The molecule has 20 heavy (non-hydrogen) atoms. The highest BCUT2D eigenvalue weighted by molar-refractivity contribution is 5.96. The molecule has 5 nitrogen and oxygen atoms in total. The molecule has 0 radical (unpaired) electrons. The first-order chi connectivity index (χ1) is 9.65. The summed E-state index contributed by atoms with van der Waals surface area (Å²) in [6.07, 6.45) is 1.97. The summed E-state index contributed by atoms with van der Waals surface area (Å²) in [6, 6.07) is 8.23. The minimum atomic E-state index is 0.106. The van der Waals surface area contributed by atoms with Crippen LogP contribution in [-0.2, 0) is 4.79 Å². The Morgan fingerprint density at radius 2 is 2.05 bits per heavy atom. The Morgan fingerprint density at radius 3 is 2.65 bits per heavy atom. The predicted octanol–water partition coefficient (Wildman–Crippen LogP) is 2.45. The fourth-order valence-electron chi connectivity index (χ4n) is 2.59. The van der Waals surface area contributed by atoms with Gasteiger partial charge in [0.1, 0.15) is 12.2 Å². The van der Waals surface area contributed by atoms with E-state index in [0.717, 1.165) is 11.5 Å². The smallest absolute Gasteiger partial charge is 0.227 e. The van der Waals surface area contributed by atoms with Gasteiger partial charge in [-0.15, -0.1) is 0 Å². The Hall–Kier alpha value is -2.17. The summed E-state index contributed by atoms with van der Waals surface area (Å²) in [5, 5.41) is 6.71. The number of hydrogen-bond acceptors (Lipinski definition) is 3. The van der Waals surface area contributed by atoms with Crippen LogP contribution in [0, 0.1) is 0 Å². The van der Waals surface area contributed by atoms with Gasteiger partial charge >= 0.3 is 0 Å². The van der Waals surface area contributed by atoms with Crippen LogP contribution in [-0.4, -0.2) is 27.6 Å². The number of anilines is 1. The van der Waals surface area contributed by atoms with E-state index in [4.69, 9.17) is 0 Å². The van der Waals surface area contributed by atoms with Gasteiger partial charge < -0.3 is 4.90 Å². The molecule has 1 atom stereocenters. The van der Waals surface area contributed by atoms with E-state index in [1.807, 2.05) is 17.0 Å². The second kappa shape index (κ2) is 5.07. The molecule has 1 N–H and O–H groups in total. The third-order valence-corrected chi connectivity index (χ3v) is 3.82. The topological polar surface area (TPSA) is 61.9 Å². The van der Waals surface area contributed by atoms with Crippen molar-refractivity contribution >= 4 is 11.6 Å². The van der Waals surface area contributed by atoms with Crippen molar-refractivity contribution < 1.29 is 4.79 Å². The van der Waals surface area contributed by atoms with E-state index in [0.29, 0.717) is 18.9 Å². The first-order valence-corrected chi connectivity index (χ1v) is 6.90. The summed E-state index contributed by atoms with van der Waals surface area (Å²) < 4.78 is 0. The highest BCUT2D eigenvalue weighted by atomic mass is 16.2. The molecule has 1 fully saturated rings. The number of nitrogens with zero attached hydrogens (tertiary/aromatic N) is 3. The van der Waals surface area contributed by atoms with Gasteiger partial charge in [0.2, 0.25) is 5.91 Å². The largest absolute Gasteiger partial charge is 0.312 e. The Kier molecular flexibility index (Phi) is 3.26. The molecule has 1 aromatic carbocycles. The minimum absolute atomic E-state index is 0.106. The summed E-state index contributed by atoms with van der Waals surface area (Å²) in [4.78, 5) is 18.1. The van der Waals surface area contributed by atoms with Gasteiger partial charge in [-0.05, 0) is 23.6 Å². The summed E-state index contributed by atoms with van der Waals surface area (Å²) >= 11 is 0. The lowest BCUT2D eigenvalue weighted by atomic mass is 10.0. The van der Waals surface area contributed by atoms with Gasteiger partial charge in [0.05, 0.1) is 0 Å². The Balaban J connectivity index is 1.79. The lowest BCUT2D eigenvalue weighted by Gasteiger charge is -2.17. The number of benzene rings is 1. The zero-order valence-corrected chi connectivity index (χ0v) is 11.7. The Labute approximate surface area is 118 Å². The predicted molar refractivity (Wildman–Crippen MR) is 76.6 cm³/mol. The minimum Gasteiger partial charge on any atom is -0.312 e. The second-order valence-corrected chi connectivity index (χ2v) is 5.52. The van der Waals surface area contributed by atoms with Crippen molar-refractivity contribution in [2.75, 3.05) is 11.4 Å². The SMILES string of the molecule is CC(C)c1ccc(N2C[C@H](c3ncn[nH]3)CC2=O)cc1. The molecule has 5 heteroatoms. The lowest BCUT2D eigenvalue weighted by molar-refractivity contribution is -0.117. The van der Waals surface area contributed by atoms with Gasteiger partial charge in [-0.2, -0.15) is 5.10 Å². The molecule has 2 aromatic rings. The molecule has 0 aliphatic carbocycles. The number of carbonyl (C=O) groups is 1. The van der Waals surface area contributed by atoms with E-state index >= 15 is 0 Å². The van der Waals surface area contributed by atoms with Crippen LogP contribution in [0.15, 0.2) is 30.6 Å². The van der Waals surface area contributed by atoms with Gasteiger partial charge in [-0.3, -0.25) is 9.89 Å². The first-order valence-electron chi connectivity index (χ1n) is 6.90. The van der Waals surface area contributed by atoms with Crippen LogP contribution in [0.5, 0.6) is 0 Å². The van der Waals surface area contributed by atoms with Crippen molar-refractivity contribution in [3.05, 3.63) is 42.0 Å². The molecule has 1 amide bonds. The average molecular weight is 270 g/mol. The van der Waals surface area contributed by atoms with Crippen LogP contribution < -0.4 is 4.90 Å². The fraction of sp³-hybridized carbons (Fsp3) is 0.400. The van der Waals surface area contributed by atoms with E-state index in [1.165, 1.54) is 11.9 Å². The van der Waals surface area contributed by atoms with Crippen molar-refractivity contribution in [1.29, 1.82) is 0 Å². The molecule has 0 saturated carbocycles. The van der Waals surface area contributed by atoms with Gasteiger partial charge in [-0.25, -0.2) is 4.98 Å². The highest BCUT2D eigenvalue weighted by Gasteiger charge is 2.33. The van der Waals surface area contributed by atoms with E-state index in [-0.39, 0.29) is 11.8 Å². The van der Waals surface area contributed by atoms with Crippen molar-refractivity contribution in [2.45, 2.75) is 32.1 Å². The maximum atomic E-state index is 12.2. The molecule has 1 aliphatic rings. The molecule has 0 spiro atoms. The van der Waals surface area contributed by atoms with Gasteiger partial charge in [0.25, 0.3) is 0 Å². The standard InChI is InChI=1S/C15H18N4O/c1-10(2)11-3-5-13(6-4-11)19-8-12(7-14(19)20)15-16-9-17-18-15/h3-6,9-10,12H,7-8H2,1-2H3,(H,16,17,18)/t12-/m1/s1. The number of H-pyrrole nitrogens is 1. The first kappa shape index (κ1) is 12.8. The number of amides is 1. The Bertz CT molecular complexity index is 589. The summed E-state index contributed by atoms with van der Waals surface area (Å²) in [5.74, 6) is 1.54. The van der Waals surface area contributed by atoms with E-state index in [1.54, 1.807) is 0 Å². The summed E-state index contributed by atoms with van der Waals surface area (Å²) in [6.45, 7) is 4.99. The normalized spacial score (nSPS) is 19.1. The Morgan fingerprint density at radius 1 is 1.30 bits per heavy atom. The summed E-state index contributed by atoms with van der Waals surface area (Å²) in [5.41, 5.74) is 2.24. The van der Waals surface area contributed by atoms with Crippen LogP contribution >= 0.6 is 0 Å². The number of aromatic amines is 1. The van der Waals surface area contributed by atoms with Gasteiger partial charge in [0, 0.05) is 24.6 Å². The van der Waals surface area contributed by atoms with E-state index in [2.05, 4.69) is 41.2 Å². The molecule has 2 heterocycles. The van der Waals surface area contributed by atoms with Crippen molar-refractivity contribution in [3.8, 4) is 0 Å². The number of hydrogen-bond donors (Lipinski definition) is 1. The van der Waals surface area contributed by atoms with Crippen LogP contribution in [0.2, 0.25) is 0 Å². The van der Waals surface area contributed by atoms with E-state index < -0.39 is 0 Å². The molecule has 1 saturated heterocycles. The lowest BCUT2D eigenvalue weighted by Crippen LogP contribution is -2.24. The number of nitrogens with one attached hydrogen (secondary N) is 1. The van der Waals surface area contributed by atoms with Gasteiger partial charge in [0.15, 0.2) is 0 Å². The molecule has 104 valence electrons. The maximum Gasteiger partial charge on any atom is 0.227 e. The molecule has 1 aliphatic heterocycles. The zero-order valence-electron chi connectivity index (χ0n) is 11.7. The average Bonchev–Trinajstić information content (AvgIpc) is 3.08. The monoisotopic (exact) mass is 270 g/mol. The molecule has 0 unspecified atom stereocenters. The van der Waals surface area contributed by atoms with Crippen LogP contribution in [0.4, 0.5) is 5.69 Å². The third kappa shape index (κ3) is 2.31. The fourth-order valence-corrected chi connectivity index (χ4v) is 2.59.